The van der Waals surface area contributed by atoms with Crippen molar-refractivity contribution in [1.29, 1.82) is 0 Å². The van der Waals surface area contributed by atoms with Crippen LogP contribution < -0.4 is 10.2 Å². The molecule has 1 saturated carbocycles. The van der Waals surface area contributed by atoms with E-state index in [9.17, 15) is 9.50 Å². The Kier molecular flexibility index (Phi) is 5.55. The smallest absolute Gasteiger partial charge is 0.166 e. The number of nitrogens with one attached hydrogen (secondary N) is 1. The van der Waals surface area contributed by atoms with Gasteiger partial charge in [-0.05, 0) is 63.1 Å². The molecule has 0 radical (unpaired) electrons. The monoisotopic (exact) mass is 436 g/mol. The lowest BCUT2D eigenvalue weighted by Crippen LogP contribution is -2.33. The van der Waals surface area contributed by atoms with Gasteiger partial charge in [0.25, 0.3) is 0 Å². The number of aromatic nitrogens is 4. The van der Waals surface area contributed by atoms with Crippen molar-refractivity contribution in [2.45, 2.75) is 63.6 Å². The first-order valence-corrected chi connectivity index (χ1v) is 11.4. The van der Waals surface area contributed by atoms with Gasteiger partial charge in [0.15, 0.2) is 5.65 Å². The summed E-state index contributed by atoms with van der Waals surface area (Å²) in [5, 5.41) is 17.7. The maximum Gasteiger partial charge on any atom is 0.166 e. The molecule has 0 spiro atoms. The summed E-state index contributed by atoms with van der Waals surface area (Å²) in [4.78, 5) is 11.4. The predicted octanol–water partition coefficient (Wildman–Crippen LogP) is 3.78. The van der Waals surface area contributed by atoms with Crippen LogP contribution in [0, 0.1) is 12.7 Å². The zero-order chi connectivity index (χ0) is 22.2. The van der Waals surface area contributed by atoms with Crippen LogP contribution in [0.3, 0.4) is 0 Å². The van der Waals surface area contributed by atoms with Gasteiger partial charge < -0.3 is 15.3 Å². The lowest BCUT2D eigenvalue weighted by atomic mass is 9.93. The van der Waals surface area contributed by atoms with E-state index in [1.807, 2.05) is 19.2 Å². The summed E-state index contributed by atoms with van der Waals surface area (Å²) >= 11 is 0. The van der Waals surface area contributed by atoms with Crippen molar-refractivity contribution in [2.75, 3.05) is 11.4 Å². The van der Waals surface area contributed by atoms with Crippen LogP contribution in [0.4, 0.5) is 10.2 Å². The van der Waals surface area contributed by atoms with Crippen LogP contribution in [0.1, 0.15) is 61.4 Å². The molecule has 2 fully saturated rings. The number of aliphatic hydroxyl groups is 1. The molecule has 2 N–H and O–H groups in total. The molecule has 0 amide bonds. The molecular weight excluding hydrogens is 407 g/mol. The summed E-state index contributed by atoms with van der Waals surface area (Å²) in [6.07, 6.45) is 10.2. The Labute approximate surface area is 187 Å². The Balaban J connectivity index is 1.42. The quantitative estimate of drug-likeness (QED) is 0.634. The highest BCUT2D eigenvalue weighted by atomic mass is 19.1. The summed E-state index contributed by atoms with van der Waals surface area (Å²) in [6, 6.07) is 3.91. The third-order valence-electron chi connectivity index (χ3n) is 6.75. The molecule has 3 aromatic heterocycles. The van der Waals surface area contributed by atoms with E-state index in [2.05, 4.69) is 26.9 Å². The van der Waals surface area contributed by atoms with E-state index >= 15 is 0 Å². The molecular formula is C24H29FN6O. The van der Waals surface area contributed by atoms with Crippen LogP contribution in [0.25, 0.3) is 11.3 Å². The molecule has 3 aromatic rings. The van der Waals surface area contributed by atoms with E-state index in [1.54, 1.807) is 16.8 Å². The third kappa shape index (κ3) is 3.95. The summed E-state index contributed by atoms with van der Waals surface area (Å²) in [7, 11) is 0. The number of hydrogen-bond donors (Lipinski definition) is 2. The van der Waals surface area contributed by atoms with Gasteiger partial charge in [-0.3, -0.25) is 4.98 Å². The molecule has 168 valence electrons. The number of aryl methyl sites for hydroxylation is 1. The van der Waals surface area contributed by atoms with Crippen LogP contribution in [0.15, 0.2) is 37.3 Å². The fourth-order valence-electron chi connectivity index (χ4n) is 5.00. The second kappa shape index (κ2) is 8.50. The number of pyridine rings is 1. The molecule has 1 aliphatic carbocycles. The highest BCUT2D eigenvalue weighted by Crippen LogP contribution is 2.37. The minimum Gasteiger partial charge on any atom is -0.393 e. The maximum absolute atomic E-state index is 13.9. The normalized spacial score (nSPS) is 23.6. The number of rotatable bonds is 5. The maximum atomic E-state index is 13.9. The topological polar surface area (TPSA) is 78.6 Å². The predicted molar refractivity (Wildman–Crippen MR) is 122 cm³/mol. The van der Waals surface area contributed by atoms with Gasteiger partial charge in [0.2, 0.25) is 0 Å². The Hall–Kier alpha value is -3.00. The second-order valence-electron chi connectivity index (χ2n) is 8.92. The summed E-state index contributed by atoms with van der Waals surface area (Å²) in [5.41, 5.74) is 4.19. The van der Waals surface area contributed by atoms with Crippen LogP contribution in [-0.4, -0.2) is 43.4 Å². The largest absolute Gasteiger partial charge is 0.393 e. The van der Waals surface area contributed by atoms with Gasteiger partial charge in [0, 0.05) is 30.2 Å². The first-order valence-electron chi connectivity index (χ1n) is 11.4. The van der Waals surface area contributed by atoms with Gasteiger partial charge >= 0.3 is 0 Å². The minimum absolute atomic E-state index is 0.0505. The van der Waals surface area contributed by atoms with Gasteiger partial charge in [-0.2, -0.15) is 5.10 Å². The standard InChI is InChI=1S/C24H29FN6O/c1-15-20(12-17(25)13-26-15)22-4-3-10-30(22)23-9-11-31-24(29-23)21(14-27-31)16(2)28-18-5-7-19(32)8-6-18/h9,11-14,18-19,22,28,32H,2-8,10H2,1H3. The lowest BCUT2D eigenvalue weighted by Gasteiger charge is -2.28. The molecule has 4 heterocycles. The van der Waals surface area contributed by atoms with Crippen LogP contribution in [0.5, 0.6) is 0 Å². The number of halogens is 1. The molecule has 5 rings (SSSR count). The molecule has 8 heteroatoms. The molecule has 1 atom stereocenters. The zero-order valence-electron chi connectivity index (χ0n) is 18.3. The fraction of sp³-hybridized carbons (Fsp3) is 0.458. The molecule has 1 unspecified atom stereocenters. The highest BCUT2D eigenvalue weighted by molar-refractivity contribution is 5.74. The lowest BCUT2D eigenvalue weighted by molar-refractivity contribution is 0.120. The molecule has 1 aliphatic heterocycles. The van der Waals surface area contributed by atoms with Crippen LogP contribution >= 0.6 is 0 Å². The summed E-state index contributed by atoms with van der Waals surface area (Å²) < 4.78 is 15.7. The second-order valence-corrected chi connectivity index (χ2v) is 8.92. The van der Waals surface area contributed by atoms with Crippen molar-refractivity contribution in [3.05, 3.63) is 59.9 Å². The van der Waals surface area contributed by atoms with E-state index in [1.165, 1.54) is 6.20 Å². The molecule has 32 heavy (non-hydrogen) atoms. The van der Waals surface area contributed by atoms with E-state index in [0.29, 0.717) is 6.04 Å². The van der Waals surface area contributed by atoms with Crippen LogP contribution in [-0.2, 0) is 0 Å². The van der Waals surface area contributed by atoms with Crippen molar-refractivity contribution < 1.29 is 9.50 Å². The van der Waals surface area contributed by atoms with E-state index in [-0.39, 0.29) is 18.0 Å². The first-order chi connectivity index (χ1) is 15.5. The van der Waals surface area contributed by atoms with Crippen molar-refractivity contribution >= 4 is 17.2 Å². The first kappa shape index (κ1) is 20.9. The molecule has 0 aromatic carbocycles. The minimum atomic E-state index is -0.309. The van der Waals surface area contributed by atoms with Crippen LogP contribution in [0.2, 0.25) is 0 Å². The Bertz CT molecular complexity index is 1140. The van der Waals surface area contributed by atoms with E-state index < -0.39 is 0 Å². The van der Waals surface area contributed by atoms with Gasteiger partial charge in [0.1, 0.15) is 11.6 Å². The zero-order valence-corrected chi connectivity index (χ0v) is 18.3. The third-order valence-corrected chi connectivity index (χ3v) is 6.75. The van der Waals surface area contributed by atoms with Crippen molar-refractivity contribution in [1.82, 2.24) is 24.9 Å². The average molecular weight is 437 g/mol. The van der Waals surface area contributed by atoms with Gasteiger partial charge in [0.05, 0.1) is 30.1 Å². The van der Waals surface area contributed by atoms with Crippen molar-refractivity contribution in [3.63, 3.8) is 0 Å². The van der Waals surface area contributed by atoms with Crippen molar-refractivity contribution in [3.8, 4) is 0 Å². The number of nitrogens with zero attached hydrogens (tertiary/aromatic N) is 5. The SMILES string of the molecule is C=C(NC1CCC(O)CC1)c1cnn2ccc(N3CCCC3c3cc(F)cnc3C)nc12. The number of aliphatic hydroxyl groups excluding tert-OH is 1. The van der Waals surface area contributed by atoms with Crippen molar-refractivity contribution in [2.24, 2.45) is 0 Å². The summed E-state index contributed by atoms with van der Waals surface area (Å²) in [6.45, 7) is 7.03. The average Bonchev–Trinajstić information content (AvgIpc) is 3.43. The van der Waals surface area contributed by atoms with E-state index in [0.717, 1.165) is 79.1 Å². The van der Waals surface area contributed by atoms with Gasteiger partial charge in [-0.25, -0.2) is 13.9 Å². The number of anilines is 1. The molecule has 0 bridgehead atoms. The summed E-state index contributed by atoms with van der Waals surface area (Å²) in [5.74, 6) is 0.538. The Morgan fingerprint density at radius 1 is 1.22 bits per heavy atom. The van der Waals surface area contributed by atoms with Gasteiger partial charge in [-0.15, -0.1) is 0 Å². The molecule has 7 nitrogen and oxygen atoms in total. The fourth-order valence-corrected chi connectivity index (χ4v) is 5.00. The highest BCUT2D eigenvalue weighted by Gasteiger charge is 2.29. The Morgan fingerprint density at radius 2 is 2.03 bits per heavy atom. The molecule has 1 saturated heterocycles. The van der Waals surface area contributed by atoms with Gasteiger partial charge in [-0.1, -0.05) is 6.58 Å². The van der Waals surface area contributed by atoms with E-state index in [4.69, 9.17) is 4.98 Å². The Morgan fingerprint density at radius 3 is 2.84 bits per heavy atom. The molecule has 2 aliphatic rings. The number of fused-ring (bicyclic) bond motifs is 1. The number of hydrogen-bond acceptors (Lipinski definition) is 6.